The smallest absolute Gasteiger partial charge is 0.248 e. The lowest BCUT2D eigenvalue weighted by Gasteiger charge is -2.12. The maximum atomic E-state index is 11.9. The lowest BCUT2D eigenvalue weighted by atomic mass is 10.0. The summed E-state index contributed by atoms with van der Waals surface area (Å²) < 4.78 is 1.36. The molecular formula is C17H24N6O2. The van der Waals surface area contributed by atoms with Gasteiger partial charge in [0.2, 0.25) is 17.8 Å². The molecule has 1 aromatic heterocycles. The summed E-state index contributed by atoms with van der Waals surface area (Å²) in [6, 6.07) is 9.01. The summed E-state index contributed by atoms with van der Waals surface area (Å²) in [4.78, 5) is 27.8. The zero-order chi connectivity index (χ0) is 18.2. The Morgan fingerprint density at radius 2 is 1.96 bits per heavy atom. The highest BCUT2D eigenvalue weighted by molar-refractivity contribution is 5.93. The summed E-state index contributed by atoms with van der Waals surface area (Å²) in [7, 11) is 0. The minimum absolute atomic E-state index is 0.0216. The Kier molecular flexibility index (Phi) is 6.64. The fraction of sp³-hybridized carbons (Fsp3) is 0.412. The predicted molar refractivity (Wildman–Crippen MR) is 94.4 cm³/mol. The average molecular weight is 344 g/mol. The summed E-state index contributed by atoms with van der Waals surface area (Å²) in [5, 5.41) is 9.43. The molecule has 0 saturated heterocycles. The first-order valence-electron chi connectivity index (χ1n) is 8.20. The number of nitrogens with one attached hydrogen (secondary N) is 2. The fourth-order valence-corrected chi connectivity index (χ4v) is 2.25. The van der Waals surface area contributed by atoms with E-state index in [1.165, 1.54) is 11.0 Å². The Hall–Kier alpha value is -2.74. The summed E-state index contributed by atoms with van der Waals surface area (Å²) in [5.74, 6) is -0.0669. The Balaban J connectivity index is 1.80. The Bertz CT molecular complexity index is 698. The van der Waals surface area contributed by atoms with Crippen LogP contribution in [0.5, 0.6) is 0 Å². The molecule has 2 amide bonds. The molecule has 0 aliphatic carbocycles. The molecule has 0 bridgehead atoms. The van der Waals surface area contributed by atoms with E-state index in [1.807, 2.05) is 44.2 Å². The molecule has 8 heteroatoms. The number of anilines is 1. The Labute approximate surface area is 146 Å². The minimum Gasteiger partial charge on any atom is -0.350 e. The van der Waals surface area contributed by atoms with Gasteiger partial charge in [0.05, 0.1) is 6.04 Å². The molecule has 0 unspecified atom stereocenters. The molecule has 0 fully saturated rings. The second-order valence-corrected chi connectivity index (χ2v) is 6.25. The standard InChI is InChI=1S/C17H24N6O2/c1-12(2)8-14(18)16(25)21-17-20-11-23(22-17)10-15(24)19-9-13-6-4-3-5-7-13/h3-7,11-12,14H,8-10,18H2,1-2H3,(H,19,24)(H,21,22,25)/t14-/m0/s1. The molecule has 1 heterocycles. The van der Waals surface area contributed by atoms with Crippen LogP contribution in [0, 0.1) is 5.92 Å². The number of benzene rings is 1. The normalized spacial score (nSPS) is 12.0. The third-order valence-electron chi connectivity index (χ3n) is 3.47. The lowest BCUT2D eigenvalue weighted by Crippen LogP contribution is -2.37. The van der Waals surface area contributed by atoms with Crippen molar-refractivity contribution >= 4 is 17.8 Å². The van der Waals surface area contributed by atoms with E-state index in [-0.39, 0.29) is 24.3 Å². The number of hydrogen-bond donors (Lipinski definition) is 3. The zero-order valence-corrected chi connectivity index (χ0v) is 14.5. The average Bonchev–Trinajstić information content (AvgIpc) is 3.00. The molecule has 134 valence electrons. The quantitative estimate of drug-likeness (QED) is 0.658. The van der Waals surface area contributed by atoms with Crippen molar-refractivity contribution in [3.8, 4) is 0 Å². The van der Waals surface area contributed by atoms with Gasteiger partial charge in [-0.1, -0.05) is 44.2 Å². The van der Waals surface area contributed by atoms with E-state index < -0.39 is 6.04 Å². The molecule has 8 nitrogen and oxygen atoms in total. The van der Waals surface area contributed by atoms with Gasteiger partial charge < -0.3 is 11.1 Å². The highest BCUT2D eigenvalue weighted by atomic mass is 16.2. The van der Waals surface area contributed by atoms with E-state index in [1.54, 1.807) is 0 Å². The highest BCUT2D eigenvalue weighted by Crippen LogP contribution is 2.05. The number of nitrogens with zero attached hydrogens (tertiary/aromatic N) is 3. The van der Waals surface area contributed by atoms with Gasteiger partial charge in [-0.3, -0.25) is 14.9 Å². The maximum absolute atomic E-state index is 11.9. The van der Waals surface area contributed by atoms with Crippen molar-refractivity contribution < 1.29 is 9.59 Å². The molecule has 1 aromatic carbocycles. The summed E-state index contributed by atoms with van der Waals surface area (Å²) in [5.41, 5.74) is 6.83. The van der Waals surface area contributed by atoms with E-state index in [4.69, 9.17) is 5.73 Å². The number of nitrogens with two attached hydrogens (primary N) is 1. The molecule has 0 radical (unpaired) electrons. The number of hydrogen-bond acceptors (Lipinski definition) is 5. The Morgan fingerprint density at radius 1 is 1.24 bits per heavy atom. The molecule has 2 aromatic rings. The van der Waals surface area contributed by atoms with Gasteiger partial charge in [0, 0.05) is 6.54 Å². The maximum Gasteiger partial charge on any atom is 0.248 e. The monoisotopic (exact) mass is 344 g/mol. The van der Waals surface area contributed by atoms with Gasteiger partial charge in [-0.25, -0.2) is 9.67 Å². The van der Waals surface area contributed by atoms with Crippen molar-refractivity contribution in [2.75, 3.05) is 5.32 Å². The van der Waals surface area contributed by atoms with Gasteiger partial charge >= 0.3 is 0 Å². The topological polar surface area (TPSA) is 115 Å². The molecule has 0 spiro atoms. The van der Waals surface area contributed by atoms with Crippen molar-refractivity contribution in [2.45, 2.75) is 39.4 Å². The van der Waals surface area contributed by atoms with Crippen LogP contribution in [-0.2, 0) is 22.7 Å². The van der Waals surface area contributed by atoms with Crippen LogP contribution in [0.2, 0.25) is 0 Å². The molecule has 25 heavy (non-hydrogen) atoms. The second-order valence-electron chi connectivity index (χ2n) is 6.25. The van der Waals surface area contributed by atoms with E-state index in [2.05, 4.69) is 20.7 Å². The SMILES string of the molecule is CC(C)C[C@H](N)C(=O)Nc1ncn(CC(=O)NCc2ccccc2)n1. The van der Waals surface area contributed by atoms with Crippen molar-refractivity contribution in [3.05, 3.63) is 42.2 Å². The molecule has 0 aliphatic rings. The number of aromatic nitrogens is 3. The summed E-state index contributed by atoms with van der Waals surface area (Å²) in [6.07, 6.45) is 1.97. The van der Waals surface area contributed by atoms with Crippen LogP contribution in [0.4, 0.5) is 5.95 Å². The Morgan fingerprint density at radius 3 is 2.64 bits per heavy atom. The van der Waals surface area contributed by atoms with E-state index >= 15 is 0 Å². The van der Waals surface area contributed by atoms with Crippen LogP contribution >= 0.6 is 0 Å². The van der Waals surface area contributed by atoms with E-state index in [0.29, 0.717) is 18.9 Å². The number of carbonyl (C=O) groups is 2. The lowest BCUT2D eigenvalue weighted by molar-refractivity contribution is -0.122. The van der Waals surface area contributed by atoms with Crippen molar-refractivity contribution in [2.24, 2.45) is 11.7 Å². The third-order valence-corrected chi connectivity index (χ3v) is 3.47. The van der Waals surface area contributed by atoms with Gasteiger partial charge in [-0.05, 0) is 17.9 Å². The third kappa shape index (κ3) is 6.34. The van der Waals surface area contributed by atoms with Gasteiger partial charge in [0.25, 0.3) is 0 Å². The van der Waals surface area contributed by atoms with Crippen LogP contribution in [0.1, 0.15) is 25.8 Å². The van der Waals surface area contributed by atoms with Crippen LogP contribution in [0.3, 0.4) is 0 Å². The number of carbonyl (C=O) groups excluding carboxylic acids is 2. The minimum atomic E-state index is -0.610. The summed E-state index contributed by atoms with van der Waals surface area (Å²) in [6.45, 7) is 4.46. The highest BCUT2D eigenvalue weighted by Gasteiger charge is 2.17. The van der Waals surface area contributed by atoms with Crippen molar-refractivity contribution in [1.82, 2.24) is 20.1 Å². The van der Waals surface area contributed by atoms with E-state index in [0.717, 1.165) is 5.56 Å². The van der Waals surface area contributed by atoms with Crippen LogP contribution in [-0.4, -0.2) is 32.6 Å². The van der Waals surface area contributed by atoms with Crippen LogP contribution in [0.25, 0.3) is 0 Å². The first-order valence-corrected chi connectivity index (χ1v) is 8.20. The molecule has 2 rings (SSSR count). The van der Waals surface area contributed by atoms with Gasteiger partial charge in [0.1, 0.15) is 12.9 Å². The fourth-order valence-electron chi connectivity index (χ4n) is 2.25. The number of amides is 2. The van der Waals surface area contributed by atoms with Gasteiger partial charge in [0.15, 0.2) is 0 Å². The predicted octanol–water partition coefficient (Wildman–Crippen LogP) is 0.906. The van der Waals surface area contributed by atoms with Crippen LogP contribution < -0.4 is 16.4 Å². The largest absolute Gasteiger partial charge is 0.350 e. The molecule has 0 aliphatic heterocycles. The second kappa shape index (κ2) is 8.93. The van der Waals surface area contributed by atoms with Gasteiger partial charge in [-0.15, -0.1) is 5.10 Å². The van der Waals surface area contributed by atoms with E-state index in [9.17, 15) is 9.59 Å². The molecular weight excluding hydrogens is 320 g/mol. The first-order chi connectivity index (χ1) is 11.9. The van der Waals surface area contributed by atoms with Gasteiger partial charge in [-0.2, -0.15) is 0 Å². The van der Waals surface area contributed by atoms with Crippen molar-refractivity contribution in [1.29, 1.82) is 0 Å². The van der Waals surface area contributed by atoms with Crippen LogP contribution in [0.15, 0.2) is 36.7 Å². The zero-order valence-electron chi connectivity index (χ0n) is 14.5. The molecule has 4 N–H and O–H groups in total. The first kappa shape index (κ1) is 18.6. The summed E-state index contributed by atoms with van der Waals surface area (Å²) >= 11 is 0. The molecule has 1 atom stereocenters. The molecule has 0 saturated carbocycles. The van der Waals surface area contributed by atoms with Crippen molar-refractivity contribution in [3.63, 3.8) is 0 Å². The number of rotatable bonds is 8.